The second-order valence-electron chi connectivity index (χ2n) is 16.3. The molecule has 4 heterocycles. The van der Waals surface area contributed by atoms with Crippen LogP contribution in [0.3, 0.4) is 0 Å². The molecule has 2 aromatic carbocycles. The van der Waals surface area contributed by atoms with Crippen LogP contribution in [0.5, 0.6) is 11.5 Å². The number of rotatable bonds is 11. The molecule has 2 saturated heterocycles. The summed E-state index contributed by atoms with van der Waals surface area (Å²) < 4.78 is 73.4. The van der Waals surface area contributed by atoms with Crippen molar-refractivity contribution in [3.63, 3.8) is 0 Å². The summed E-state index contributed by atoms with van der Waals surface area (Å²) >= 11 is 1.45. The largest absolute Gasteiger partial charge is 0.496 e. The number of aliphatic hydroxyl groups is 1. The number of halogens is 4. The van der Waals surface area contributed by atoms with E-state index in [-0.39, 0.29) is 24.6 Å². The number of ether oxygens (including phenoxy) is 3. The third-order valence-electron chi connectivity index (χ3n) is 10.8. The Morgan fingerprint density at radius 2 is 1.84 bits per heavy atom. The molecule has 308 valence electrons. The zero-order valence-electron chi connectivity index (χ0n) is 33.4. The van der Waals surface area contributed by atoms with Crippen molar-refractivity contribution in [2.75, 3.05) is 19.0 Å². The number of likely N-dealkylation sites (tertiary alicyclic amines) is 1. The van der Waals surface area contributed by atoms with Crippen molar-refractivity contribution in [1.82, 2.24) is 20.2 Å². The van der Waals surface area contributed by atoms with Crippen LogP contribution < -0.4 is 20.1 Å². The third-order valence-corrected chi connectivity index (χ3v) is 11.7. The lowest BCUT2D eigenvalue weighted by Gasteiger charge is -2.50. The Morgan fingerprint density at radius 1 is 1.12 bits per heavy atom. The van der Waals surface area contributed by atoms with Crippen LogP contribution in [-0.4, -0.2) is 81.6 Å². The summed E-state index contributed by atoms with van der Waals surface area (Å²) in [5.41, 5.74) is -0.382. The van der Waals surface area contributed by atoms with Crippen LogP contribution in [0.15, 0.2) is 41.8 Å². The molecule has 2 aliphatic rings. The minimum absolute atomic E-state index is 0.0299. The first-order valence-electron chi connectivity index (χ1n) is 18.8. The first-order chi connectivity index (χ1) is 26.6. The van der Waals surface area contributed by atoms with Crippen LogP contribution >= 0.6 is 11.3 Å². The van der Waals surface area contributed by atoms with Crippen molar-refractivity contribution in [3.05, 3.63) is 64.4 Å². The van der Waals surface area contributed by atoms with Crippen molar-refractivity contribution >= 4 is 39.7 Å². The number of nitrogens with one attached hydrogen (secondary N) is 2. The number of alkyl halides is 3. The van der Waals surface area contributed by atoms with Gasteiger partial charge in [-0.05, 0) is 61.9 Å². The van der Waals surface area contributed by atoms with Gasteiger partial charge >= 0.3 is 6.18 Å². The number of nitrogens with zero attached hydrogens (tertiary/aromatic N) is 3. The highest BCUT2D eigenvalue weighted by Crippen LogP contribution is 2.40. The van der Waals surface area contributed by atoms with Crippen LogP contribution in [0.4, 0.5) is 23.2 Å². The van der Waals surface area contributed by atoms with Gasteiger partial charge in [-0.2, -0.15) is 13.2 Å². The SMILES string of the molecule is CCC1(C)OC(O)C1NC(=O)[C@@H]1C[C@@H](Oc2cc(-c3nc(C(C)C)cs3)nc3c(C)c(OC)ccc23)CN1C(=O)[C@@H](Nc1cc(F)cc(C(F)(F)F)c1)C(C)(C)C. The van der Waals surface area contributed by atoms with Gasteiger partial charge < -0.3 is 34.9 Å². The number of aliphatic hydroxyl groups excluding tert-OH is 1. The van der Waals surface area contributed by atoms with Crippen molar-refractivity contribution in [2.45, 2.75) is 116 Å². The Bertz CT molecular complexity index is 2160. The summed E-state index contributed by atoms with van der Waals surface area (Å²) in [6, 6.07) is 4.33. The van der Waals surface area contributed by atoms with E-state index in [2.05, 4.69) is 24.5 Å². The van der Waals surface area contributed by atoms with Crippen LogP contribution in [-0.2, 0) is 20.5 Å². The van der Waals surface area contributed by atoms with Crippen LogP contribution in [0.25, 0.3) is 21.6 Å². The fraction of sp³-hybridized carbons (Fsp3) is 0.512. The van der Waals surface area contributed by atoms with E-state index in [4.69, 9.17) is 24.2 Å². The molecular formula is C41H49F4N5O6S. The van der Waals surface area contributed by atoms with Crippen molar-refractivity contribution in [2.24, 2.45) is 5.41 Å². The number of fused-ring (bicyclic) bond motifs is 1. The Balaban J connectivity index is 1.38. The number of benzene rings is 2. The number of carbonyl (C=O) groups is 2. The van der Waals surface area contributed by atoms with Gasteiger partial charge in [0.1, 0.15) is 52.2 Å². The fourth-order valence-electron chi connectivity index (χ4n) is 7.27. The minimum atomic E-state index is -4.83. The van der Waals surface area contributed by atoms with Crippen LogP contribution in [0.2, 0.25) is 0 Å². The summed E-state index contributed by atoms with van der Waals surface area (Å²) in [7, 11) is 1.57. The standard InChI is InChI=1S/C41H49F4N5O6S/c1-10-40(8)34(38(53)56-40)49-35(51)29-16-25(18-50(29)37(52)33(39(5,6)7)46-24-14-22(41(43,44)45)13-23(42)15-24)55-31-17-27(36-48-28(19-57-36)20(2)3)47-32-21(4)30(54-9)12-11-26(31)32/h11-15,17,19-20,25,29,33-34,38,46,53H,10,16,18H2,1-9H3,(H,49,51)/t25-,29+,33-,34?,38?,40?/m1/s1. The van der Waals surface area contributed by atoms with Crippen LogP contribution in [0.1, 0.15) is 84.0 Å². The summed E-state index contributed by atoms with van der Waals surface area (Å²) in [5.74, 6) is -1.05. The van der Waals surface area contributed by atoms with Crippen molar-refractivity contribution < 1.29 is 46.5 Å². The van der Waals surface area contributed by atoms with E-state index in [0.29, 0.717) is 45.6 Å². The zero-order chi connectivity index (χ0) is 41.8. The summed E-state index contributed by atoms with van der Waals surface area (Å²) in [6.07, 6.45) is -6.33. The molecule has 2 amide bonds. The molecule has 0 bridgehead atoms. The highest BCUT2D eigenvalue weighted by atomic mass is 32.1. The molecule has 4 aromatic rings. The van der Waals surface area contributed by atoms with E-state index in [1.54, 1.807) is 46.9 Å². The van der Waals surface area contributed by atoms with Gasteiger partial charge in [0.25, 0.3) is 0 Å². The van der Waals surface area contributed by atoms with Gasteiger partial charge in [-0.25, -0.2) is 14.4 Å². The van der Waals surface area contributed by atoms with Crippen LogP contribution in [0, 0.1) is 18.2 Å². The molecule has 2 aliphatic heterocycles. The van der Waals surface area contributed by atoms with E-state index in [0.717, 1.165) is 23.4 Å². The number of carbonyl (C=O) groups excluding carboxylic acids is 2. The molecule has 16 heteroatoms. The Labute approximate surface area is 333 Å². The van der Waals surface area contributed by atoms with Crippen molar-refractivity contribution in [1.29, 1.82) is 0 Å². The normalized spacial score (nSPS) is 23.0. The topological polar surface area (TPSA) is 135 Å². The van der Waals surface area contributed by atoms with Gasteiger partial charge in [0.2, 0.25) is 11.8 Å². The van der Waals surface area contributed by atoms with E-state index < -0.39 is 70.9 Å². The maximum atomic E-state index is 14.7. The second-order valence-corrected chi connectivity index (χ2v) is 17.2. The maximum Gasteiger partial charge on any atom is 0.416 e. The lowest BCUT2D eigenvalue weighted by Crippen LogP contribution is -2.70. The fourth-order valence-corrected chi connectivity index (χ4v) is 8.21. The molecule has 0 saturated carbocycles. The monoisotopic (exact) mass is 815 g/mol. The molecule has 11 nitrogen and oxygen atoms in total. The molecule has 0 aliphatic carbocycles. The molecule has 3 N–H and O–H groups in total. The Kier molecular flexibility index (Phi) is 11.6. The van der Waals surface area contributed by atoms with Crippen molar-refractivity contribution in [3.8, 4) is 22.2 Å². The number of methoxy groups -OCH3 is 1. The molecule has 57 heavy (non-hydrogen) atoms. The van der Waals surface area contributed by atoms with Gasteiger partial charge in [-0.3, -0.25) is 9.59 Å². The Hall–Kier alpha value is -4.54. The average Bonchev–Trinajstić information content (AvgIpc) is 3.80. The van der Waals surface area contributed by atoms with Gasteiger partial charge in [0.15, 0.2) is 6.29 Å². The van der Waals surface area contributed by atoms with E-state index in [1.807, 2.05) is 25.3 Å². The number of hydrogen-bond donors (Lipinski definition) is 3. The molecule has 0 radical (unpaired) electrons. The zero-order valence-corrected chi connectivity index (χ0v) is 34.2. The van der Waals surface area contributed by atoms with Gasteiger partial charge in [-0.15, -0.1) is 11.3 Å². The second kappa shape index (κ2) is 15.7. The van der Waals surface area contributed by atoms with Gasteiger partial charge in [-0.1, -0.05) is 41.5 Å². The molecule has 3 unspecified atom stereocenters. The maximum absolute atomic E-state index is 14.7. The predicted molar refractivity (Wildman–Crippen MR) is 209 cm³/mol. The molecule has 2 aromatic heterocycles. The van der Waals surface area contributed by atoms with Gasteiger partial charge in [0, 0.05) is 34.5 Å². The lowest BCUT2D eigenvalue weighted by molar-refractivity contribution is -0.306. The summed E-state index contributed by atoms with van der Waals surface area (Å²) in [6.45, 7) is 14.7. The number of amides is 2. The average molecular weight is 816 g/mol. The summed E-state index contributed by atoms with van der Waals surface area (Å²) in [4.78, 5) is 40.1. The number of pyridine rings is 1. The quantitative estimate of drug-likeness (QED) is 0.130. The number of aromatic nitrogens is 2. The van der Waals surface area contributed by atoms with Gasteiger partial charge in [0.05, 0.1) is 36.0 Å². The Morgan fingerprint density at radius 3 is 2.44 bits per heavy atom. The first kappa shape index (κ1) is 42.1. The minimum Gasteiger partial charge on any atom is -0.496 e. The molecular weight excluding hydrogens is 767 g/mol. The number of hydrogen-bond acceptors (Lipinski definition) is 10. The summed E-state index contributed by atoms with van der Waals surface area (Å²) in [5, 5.41) is 19.5. The smallest absolute Gasteiger partial charge is 0.416 e. The van der Waals surface area contributed by atoms with E-state index in [9.17, 15) is 32.3 Å². The number of thiazole rings is 1. The molecule has 2 fully saturated rings. The molecule has 6 atom stereocenters. The highest BCUT2D eigenvalue weighted by molar-refractivity contribution is 7.13. The number of aryl methyl sites for hydroxylation is 1. The van der Waals surface area contributed by atoms with E-state index in [1.165, 1.54) is 16.2 Å². The molecule has 6 rings (SSSR count). The van der Waals surface area contributed by atoms with E-state index >= 15 is 0 Å². The number of anilines is 1. The molecule has 0 spiro atoms. The first-order valence-corrected chi connectivity index (χ1v) is 19.7. The lowest BCUT2D eigenvalue weighted by atomic mass is 9.85. The predicted octanol–water partition coefficient (Wildman–Crippen LogP) is 7.83. The third kappa shape index (κ3) is 8.53. The highest BCUT2D eigenvalue weighted by Gasteiger charge is 2.53.